The van der Waals surface area contributed by atoms with E-state index in [4.69, 9.17) is 0 Å². The number of β-amino-alcohol motifs (C(OH)–C–C–N with tert-alkyl or cyclic N) is 1. The van der Waals surface area contributed by atoms with Gasteiger partial charge in [0.15, 0.2) is 5.82 Å². The molecule has 126 valence electrons. The van der Waals surface area contributed by atoms with E-state index in [-0.39, 0.29) is 0 Å². The fraction of sp³-hybridized carbons (Fsp3) is 0.238. The van der Waals surface area contributed by atoms with Crippen LogP contribution in [0.4, 0.5) is 0 Å². The minimum Gasteiger partial charge on any atom is -0.387 e. The van der Waals surface area contributed by atoms with Crippen LogP contribution in [0.3, 0.4) is 0 Å². The van der Waals surface area contributed by atoms with Crippen molar-refractivity contribution in [2.24, 2.45) is 0 Å². The van der Waals surface area contributed by atoms with Crippen molar-refractivity contribution in [1.82, 2.24) is 14.9 Å². The molecular weight excluding hydrogens is 310 g/mol. The summed E-state index contributed by atoms with van der Waals surface area (Å²) in [6, 6.07) is 16.3. The largest absolute Gasteiger partial charge is 0.387 e. The molecule has 0 bridgehead atoms. The highest BCUT2D eigenvalue weighted by molar-refractivity contribution is 5.55. The second kappa shape index (κ2) is 6.75. The van der Waals surface area contributed by atoms with Crippen LogP contribution in [0.2, 0.25) is 0 Å². The molecule has 4 heteroatoms. The Labute approximate surface area is 147 Å². The number of nitrogens with zero attached hydrogens (tertiary/aromatic N) is 3. The normalized spacial score (nSPS) is 17.3. The number of aryl methyl sites for hydroxylation is 1. The lowest BCUT2D eigenvalue weighted by atomic mass is 9.97. The van der Waals surface area contributed by atoms with Crippen LogP contribution in [0.5, 0.6) is 0 Å². The molecule has 1 atom stereocenters. The molecule has 0 fully saturated rings. The molecule has 1 aliphatic heterocycles. The first-order chi connectivity index (χ1) is 12.2. The number of rotatable bonds is 3. The zero-order valence-electron chi connectivity index (χ0n) is 14.3. The van der Waals surface area contributed by atoms with Gasteiger partial charge in [-0.1, -0.05) is 48.0 Å². The first kappa shape index (κ1) is 15.9. The number of hydrogen-bond acceptors (Lipinski definition) is 4. The first-order valence-corrected chi connectivity index (χ1v) is 8.55. The summed E-state index contributed by atoms with van der Waals surface area (Å²) in [5, 5.41) is 10.4. The number of benzene rings is 2. The molecule has 1 unspecified atom stereocenters. The molecule has 1 aromatic heterocycles. The highest BCUT2D eigenvalue weighted by Gasteiger charge is 2.23. The highest BCUT2D eigenvalue weighted by atomic mass is 16.3. The van der Waals surface area contributed by atoms with Gasteiger partial charge in [-0.2, -0.15) is 0 Å². The van der Waals surface area contributed by atoms with Crippen LogP contribution in [-0.4, -0.2) is 26.5 Å². The van der Waals surface area contributed by atoms with Gasteiger partial charge in [-0.25, -0.2) is 9.97 Å². The van der Waals surface area contributed by atoms with Gasteiger partial charge in [0.1, 0.15) is 0 Å². The summed E-state index contributed by atoms with van der Waals surface area (Å²) in [7, 11) is 0. The second-order valence-corrected chi connectivity index (χ2v) is 6.67. The molecule has 0 amide bonds. The van der Waals surface area contributed by atoms with Crippen LogP contribution in [0, 0.1) is 6.92 Å². The molecule has 0 saturated carbocycles. The fourth-order valence-electron chi connectivity index (χ4n) is 3.40. The highest BCUT2D eigenvalue weighted by Crippen LogP contribution is 2.27. The van der Waals surface area contributed by atoms with Crippen LogP contribution in [0.25, 0.3) is 11.4 Å². The Morgan fingerprint density at radius 3 is 2.68 bits per heavy atom. The second-order valence-electron chi connectivity index (χ2n) is 6.67. The van der Waals surface area contributed by atoms with Crippen LogP contribution in [0.1, 0.15) is 28.4 Å². The van der Waals surface area contributed by atoms with Crippen LogP contribution >= 0.6 is 0 Å². The lowest BCUT2D eigenvalue weighted by Crippen LogP contribution is -2.33. The average molecular weight is 331 g/mol. The van der Waals surface area contributed by atoms with E-state index in [1.807, 2.05) is 42.7 Å². The topological polar surface area (TPSA) is 49.2 Å². The van der Waals surface area contributed by atoms with Gasteiger partial charge in [-0.3, -0.25) is 4.90 Å². The Hall–Kier alpha value is -2.56. The van der Waals surface area contributed by atoms with Gasteiger partial charge in [-0.15, -0.1) is 0 Å². The molecule has 2 heterocycles. The molecule has 0 radical (unpaired) electrons. The van der Waals surface area contributed by atoms with Crippen molar-refractivity contribution in [2.75, 3.05) is 6.54 Å². The minimum atomic E-state index is -0.433. The number of aromatic nitrogens is 2. The van der Waals surface area contributed by atoms with Crippen molar-refractivity contribution in [2.45, 2.75) is 26.1 Å². The summed E-state index contributed by atoms with van der Waals surface area (Å²) in [4.78, 5) is 11.3. The first-order valence-electron chi connectivity index (χ1n) is 8.55. The molecular formula is C21H21N3O. The standard InChI is InChI=1S/C21H21N3O/c1-15-5-4-7-17(9-15)21-22-10-16(11-23-21)12-24-13-18-6-2-3-8-19(18)20(25)14-24/h2-11,20,25H,12-14H2,1H3. The van der Waals surface area contributed by atoms with Crippen molar-refractivity contribution in [1.29, 1.82) is 0 Å². The van der Waals surface area contributed by atoms with Gasteiger partial charge in [0.2, 0.25) is 0 Å². The molecule has 3 aromatic rings. The molecule has 4 nitrogen and oxygen atoms in total. The quantitative estimate of drug-likeness (QED) is 0.798. The van der Waals surface area contributed by atoms with Crippen molar-refractivity contribution in [3.8, 4) is 11.4 Å². The van der Waals surface area contributed by atoms with Crippen molar-refractivity contribution < 1.29 is 5.11 Å². The van der Waals surface area contributed by atoms with Gasteiger partial charge >= 0.3 is 0 Å². The smallest absolute Gasteiger partial charge is 0.159 e. The predicted octanol–water partition coefficient (Wildman–Crippen LogP) is 3.50. The predicted molar refractivity (Wildman–Crippen MR) is 97.7 cm³/mol. The number of aliphatic hydroxyl groups excluding tert-OH is 1. The van der Waals surface area contributed by atoms with Gasteiger partial charge in [0.05, 0.1) is 6.10 Å². The van der Waals surface area contributed by atoms with Gasteiger partial charge in [0.25, 0.3) is 0 Å². The third kappa shape index (κ3) is 3.45. The summed E-state index contributed by atoms with van der Waals surface area (Å²) in [5.41, 5.74) is 5.53. The molecule has 2 aromatic carbocycles. The molecule has 1 N–H and O–H groups in total. The Balaban J connectivity index is 1.49. The number of aliphatic hydroxyl groups is 1. The molecule has 25 heavy (non-hydrogen) atoms. The summed E-state index contributed by atoms with van der Waals surface area (Å²) in [5.74, 6) is 0.747. The average Bonchev–Trinajstić information content (AvgIpc) is 2.62. The number of hydrogen-bond donors (Lipinski definition) is 1. The van der Waals surface area contributed by atoms with E-state index in [0.717, 1.165) is 35.6 Å². The summed E-state index contributed by atoms with van der Waals surface area (Å²) >= 11 is 0. The zero-order valence-corrected chi connectivity index (χ0v) is 14.3. The Morgan fingerprint density at radius 2 is 1.88 bits per heavy atom. The maximum atomic E-state index is 10.4. The summed E-state index contributed by atoms with van der Waals surface area (Å²) in [6.07, 6.45) is 3.34. The van der Waals surface area contributed by atoms with Crippen LogP contribution in [0.15, 0.2) is 60.9 Å². The Bertz CT molecular complexity index is 876. The third-order valence-corrected chi connectivity index (χ3v) is 4.63. The van der Waals surface area contributed by atoms with E-state index in [0.29, 0.717) is 6.54 Å². The zero-order chi connectivity index (χ0) is 17.2. The fourth-order valence-corrected chi connectivity index (χ4v) is 3.40. The molecule has 0 aliphatic carbocycles. The maximum absolute atomic E-state index is 10.4. The number of fused-ring (bicyclic) bond motifs is 1. The van der Waals surface area contributed by atoms with Gasteiger partial charge in [-0.05, 0) is 24.1 Å². The Morgan fingerprint density at radius 1 is 1.08 bits per heavy atom. The van der Waals surface area contributed by atoms with Crippen LogP contribution < -0.4 is 0 Å². The summed E-state index contributed by atoms with van der Waals surface area (Å²) in [6.45, 7) is 4.28. The SMILES string of the molecule is Cc1cccc(-c2ncc(CN3Cc4ccccc4C(O)C3)cn2)c1. The third-order valence-electron chi connectivity index (χ3n) is 4.63. The van der Waals surface area contributed by atoms with E-state index < -0.39 is 6.10 Å². The molecule has 0 spiro atoms. The molecule has 0 saturated heterocycles. The van der Waals surface area contributed by atoms with E-state index in [1.165, 1.54) is 11.1 Å². The van der Waals surface area contributed by atoms with Crippen LogP contribution in [-0.2, 0) is 13.1 Å². The van der Waals surface area contributed by atoms with Crippen molar-refractivity contribution in [3.05, 3.63) is 83.2 Å². The van der Waals surface area contributed by atoms with Crippen molar-refractivity contribution >= 4 is 0 Å². The lowest BCUT2D eigenvalue weighted by Gasteiger charge is -2.32. The van der Waals surface area contributed by atoms with Crippen molar-refractivity contribution in [3.63, 3.8) is 0 Å². The summed E-state index contributed by atoms with van der Waals surface area (Å²) < 4.78 is 0. The molecule has 4 rings (SSSR count). The van der Waals surface area contributed by atoms with Gasteiger partial charge < -0.3 is 5.11 Å². The maximum Gasteiger partial charge on any atom is 0.159 e. The van der Waals surface area contributed by atoms with Gasteiger partial charge in [0, 0.05) is 43.2 Å². The Kier molecular flexibility index (Phi) is 4.30. The van der Waals surface area contributed by atoms with E-state index in [2.05, 4.69) is 40.0 Å². The molecule has 1 aliphatic rings. The van der Waals surface area contributed by atoms with E-state index in [1.54, 1.807) is 0 Å². The van der Waals surface area contributed by atoms with E-state index >= 15 is 0 Å². The monoisotopic (exact) mass is 331 g/mol. The van der Waals surface area contributed by atoms with E-state index in [9.17, 15) is 5.11 Å². The lowest BCUT2D eigenvalue weighted by molar-refractivity contribution is 0.0881. The minimum absolute atomic E-state index is 0.433.